The van der Waals surface area contributed by atoms with Crippen LogP contribution in [0.3, 0.4) is 0 Å². The van der Waals surface area contributed by atoms with Gasteiger partial charge in [-0.2, -0.15) is 0 Å². The highest BCUT2D eigenvalue weighted by atomic mass is 16.2. The fourth-order valence-electron chi connectivity index (χ4n) is 3.23. The summed E-state index contributed by atoms with van der Waals surface area (Å²) >= 11 is 0. The minimum Gasteiger partial charge on any atom is -0.355 e. The third-order valence-electron chi connectivity index (χ3n) is 4.55. The molecule has 0 aliphatic heterocycles. The topological polar surface area (TPSA) is 55.1 Å². The largest absolute Gasteiger partial charge is 0.355 e. The Bertz CT molecular complexity index is 316. The summed E-state index contributed by atoms with van der Waals surface area (Å²) in [4.78, 5) is 12.2. The highest BCUT2D eigenvalue weighted by Gasteiger charge is 2.39. The van der Waals surface area contributed by atoms with Crippen LogP contribution in [0.15, 0.2) is 11.6 Å². The summed E-state index contributed by atoms with van der Waals surface area (Å²) < 4.78 is 0. The van der Waals surface area contributed by atoms with Crippen LogP contribution in [-0.2, 0) is 4.79 Å². The Morgan fingerprint density at radius 1 is 1.28 bits per heavy atom. The zero-order chi connectivity index (χ0) is 12.8. The van der Waals surface area contributed by atoms with E-state index >= 15 is 0 Å². The van der Waals surface area contributed by atoms with Gasteiger partial charge in [0.1, 0.15) is 0 Å². The van der Waals surface area contributed by atoms with Gasteiger partial charge in [-0.05, 0) is 44.9 Å². The van der Waals surface area contributed by atoms with Crippen molar-refractivity contribution in [3.05, 3.63) is 11.6 Å². The van der Waals surface area contributed by atoms with Gasteiger partial charge >= 0.3 is 0 Å². The smallest absolute Gasteiger partial charge is 0.227 e. The van der Waals surface area contributed by atoms with Crippen molar-refractivity contribution in [1.29, 1.82) is 0 Å². The summed E-state index contributed by atoms with van der Waals surface area (Å²) in [6.45, 7) is 1.29. The van der Waals surface area contributed by atoms with Crippen LogP contribution in [-0.4, -0.2) is 19.0 Å². The number of amides is 1. The van der Waals surface area contributed by atoms with E-state index in [4.69, 9.17) is 5.73 Å². The third kappa shape index (κ3) is 3.14. The second-order valence-electron chi connectivity index (χ2n) is 5.81. The zero-order valence-electron chi connectivity index (χ0n) is 11.3. The van der Waals surface area contributed by atoms with Crippen molar-refractivity contribution in [2.24, 2.45) is 11.1 Å². The predicted octanol–water partition coefficient (Wildman–Crippen LogP) is 2.51. The number of allylic oxidation sites excluding steroid dienone is 1. The molecule has 0 aromatic rings. The van der Waals surface area contributed by atoms with Gasteiger partial charge in [0, 0.05) is 13.1 Å². The molecule has 102 valence electrons. The summed E-state index contributed by atoms with van der Waals surface area (Å²) in [5, 5.41) is 3.10. The molecule has 2 aliphatic carbocycles. The van der Waals surface area contributed by atoms with E-state index in [1.54, 1.807) is 0 Å². The van der Waals surface area contributed by atoms with Crippen molar-refractivity contribution >= 4 is 5.91 Å². The zero-order valence-corrected chi connectivity index (χ0v) is 11.3. The molecule has 2 aliphatic rings. The predicted molar refractivity (Wildman–Crippen MR) is 74.1 cm³/mol. The minimum atomic E-state index is -0.249. The lowest BCUT2D eigenvalue weighted by molar-refractivity contribution is -0.130. The molecule has 0 aromatic heterocycles. The van der Waals surface area contributed by atoms with E-state index in [-0.39, 0.29) is 11.3 Å². The van der Waals surface area contributed by atoms with E-state index in [2.05, 4.69) is 11.4 Å². The summed E-state index contributed by atoms with van der Waals surface area (Å²) in [5.74, 6) is 0.193. The van der Waals surface area contributed by atoms with Crippen LogP contribution in [0.25, 0.3) is 0 Å². The molecule has 1 amide bonds. The molecule has 0 spiro atoms. The van der Waals surface area contributed by atoms with E-state index in [0.717, 1.165) is 38.6 Å². The number of hydrogen-bond acceptors (Lipinski definition) is 2. The Morgan fingerprint density at radius 3 is 2.67 bits per heavy atom. The molecule has 1 fully saturated rings. The molecule has 0 heterocycles. The van der Waals surface area contributed by atoms with E-state index < -0.39 is 0 Å². The van der Waals surface area contributed by atoms with Gasteiger partial charge in [0.15, 0.2) is 0 Å². The Balaban J connectivity index is 1.75. The highest BCUT2D eigenvalue weighted by molar-refractivity contribution is 5.83. The Kier molecular flexibility index (Phi) is 4.81. The number of nitrogens with one attached hydrogen (secondary N) is 1. The fourth-order valence-corrected chi connectivity index (χ4v) is 3.23. The molecule has 0 bridgehead atoms. The number of nitrogens with two attached hydrogens (primary N) is 1. The van der Waals surface area contributed by atoms with Gasteiger partial charge in [0.25, 0.3) is 0 Å². The first-order chi connectivity index (χ1) is 8.77. The first-order valence-electron chi connectivity index (χ1n) is 7.43. The summed E-state index contributed by atoms with van der Waals surface area (Å²) in [7, 11) is 0. The molecule has 0 unspecified atom stereocenters. The molecule has 0 aromatic carbocycles. The van der Waals surface area contributed by atoms with Crippen LogP contribution in [0.4, 0.5) is 0 Å². The minimum absolute atomic E-state index is 0.193. The molecule has 3 nitrogen and oxygen atoms in total. The van der Waals surface area contributed by atoms with E-state index in [1.807, 2.05) is 0 Å². The average molecular weight is 250 g/mol. The Morgan fingerprint density at radius 2 is 2.06 bits per heavy atom. The van der Waals surface area contributed by atoms with Crippen molar-refractivity contribution < 1.29 is 4.79 Å². The molecular formula is C15H26N2O. The van der Waals surface area contributed by atoms with Crippen molar-refractivity contribution in [1.82, 2.24) is 5.32 Å². The van der Waals surface area contributed by atoms with Gasteiger partial charge in [0.2, 0.25) is 5.91 Å². The summed E-state index contributed by atoms with van der Waals surface area (Å²) in [5.41, 5.74) is 7.09. The van der Waals surface area contributed by atoms with Crippen molar-refractivity contribution in [3.8, 4) is 0 Å². The maximum Gasteiger partial charge on any atom is 0.227 e. The van der Waals surface area contributed by atoms with Gasteiger partial charge in [-0.15, -0.1) is 0 Å². The van der Waals surface area contributed by atoms with E-state index in [9.17, 15) is 4.79 Å². The van der Waals surface area contributed by atoms with Crippen LogP contribution < -0.4 is 11.1 Å². The Labute approximate surface area is 110 Å². The fraction of sp³-hybridized carbons (Fsp3) is 0.800. The second kappa shape index (κ2) is 6.37. The van der Waals surface area contributed by atoms with Gasteiger partial charge in [-0.1, -0.05) is 24.5 Å². The average Bonchev–Trinajstić information content (AvgIpc) is 2.90. The van der Waals surface area contributed by atoms with Crippen LogP contribution >= 0.6 is 0 Å². The van der Waals surface area contributed by atoms with Gasteiger partial charge in [-0.25, -0.2) is 0 Å². The first-order valence-corrected chi connectivity index (χ1v) is 7.43. The van der Waals surface area contributed by atoms with E-state index in [0.29, 0.717) is 6.54 Å². The van der Waals surface area contributed by atoms with E-state index in [1.165, 1.54) is 31.3 Å². The molecule has 2 rings (SSSR count). The lowest BCUT2D eigenvalue weighted by atomic mass is 9.85. The van der Waals surface area contributed by atoms with Crippen molar-refractivity contribution in [2.45, 2.75) is 57.8 Å². The summed E-state index contributed by atoms with van der Waals surface area (Å²) in [6, 6.07) is 0. The normalized spacial score (nSPS) is 22.6. The van der Waals surface area contributed by atoms with Gasteiger partial charge in [-0.3, -0.25) is 4.79 Å². The number of rotatable bonds is 5. The maximum atomic E-state index is 12.2. The second-order valence-corrected chi connectivity index (χ2v) is 5.81. The molecular weight excluding hydrogens is 224 g/mol. The van der Waals surface area contributed by atoms with Crippen molar-refractivity contribution in [2.75, 3.05) is 13.1 Å². The maximum absolute atomic E-state index is 12.2. The number of carbonyl (C=O) groups excluding carboxylic acids is 1. The first kappa shape index (κ1) is 13.6. The lowest BCUT2D eigenvalue weighted by Gasteiger charge is -2.26. The van der Waals surface area contributed by atoms with Gasteiger partial charge < -0.3 is 11.1 Å². The van der Waals surface area contributed by atoms with Gasteiger partial charge in [0.05, 0.1) is 5.41 Å². The highest BCUT2D eigenvalue weighted by Crippen LogP contribution is 2.37. The standard InChI is InChI=1S/C15H26N2O/c16-12-15(9-4-5-10-15)14(18)17-11-8-13-6-2-1-3-7-13/h6H,1-5,7-12,16H2,(H,17,18). The third-order valence-corrected chi connectivity index (χ3v) is 4.55. The summed E-state index contributed by atoms with van der Waals surface area (Å²) in [6.07, 6.45) is 12.7. The monoisotopic (exact) mass is 250 g/mol. The Hall–Kier alpha value is -0.830. The van der Waals surface area contributed by atoms with Crippen molar-refractivity contribution in [3.63, 3.8) is 0 Å². The van der Waals surface area contributed by atoms with Crippen LogP contribution in [0.5, 0.6) is 0 Å². The van der Waals surface area contributed by atoms with Crippen LogP contribution in [0.1, 0.15) is 57.8 Å². The quantitative estimate of drug-likeness (QED) is 0.737. The van der Waals surface area contributed by atoms with Crippen LogP contribution in [0, 0.1) is 5.41 Å². The molecule has 3 N–H and O–H groups in total. The molecule has 0 saturated heterocycles. The SMILES string of the molecule is NCC1(C(=O)NCCC2=CCCCC2)CCCC1. The molecule has 3 heteroatoms. The lowest BCUT2D eigenvalue weighted by Crippen LogP contribution is -2.44. The molecule has 1 saturated carbocycles. The molecule has 18 heavy (non-hydrogen) atoms. The van der Waals surface area contributed by atoms with Crippen LogP contribution in [0.2, 0.25) is 0 Å². The number of carbonyl (C=O) groups is 1. The molecule has 0 radical (unpaired) electrons. The number of hydrogen-bond donors (Lipinski definition) is 2. The molecule has 0 atom stereocenters.